The Kier molecular flexibility index (Phi) is 5.19. The summed E-state index contributed by atoms with van der Waals surface area (Å²) in [6.07, 6.45) is 1.42. The highest BCUT2D eigenvalue weighted by Crippen LogP contribution is 2.17. The minimum absolute atomic E-state index is 0.0723. The zero-order valence-electron chi connectivity index (χ0n) is 16.2. The first-order chi connectivity index (χ1) is 14.0. The van der Waals surface area contributed by atoms with E-state index in [2.05, 4.69) is 37.4 Å². The standard InChI is InChI=1S/C21H20BrN5O2/c1-3-27-18-7-5-4-6-17(18)24-19(27)11-25(2)20(28)12-26-13-23-16-9-8-14(22)10-15(16)21(26)29/h4-10,13H,3,11-12H2,1-2H3. The summed E-state index contributed by atoms with van der Waals surface area (Å²) in [6, 6.07) is 13.2. The molecule has 4 rings (SSSR count). The maximum Gasteiger partial charge on any atom is 0.261 e. The number of aromatic nitrogens is 4. The van der Waals surface area contributed by atoms with Crippen LogP contribution in [0.3, 0.4) is 0 Å². The molecular weight excluding hydrogens is 434 g/mol. The van der Waals surface area contributed by atoms with Crippen molar-refractivity contribution in [2.45, 2.75) is 26.6 Å². The van der Waals surface area contributed by atoms with Gasteiger partial charge in [0.2, 0.25) is 5.91 Å². The fourth-order valence-corrected chi connectivity index (χ4v) is 3.77. The van der Waals surface area contributed by atoms with Gasteiger partial charge in [0.1, 0.15) is 12.4 Å². The molecule has 8 heteroatoms. The number of rotatable bonds is 5. The molecule has 0 aliphatic carbocycles. The molecule has 0 saturated carbocycles. The summed E-state index contributed by atoms with van der Waals surface area (Å²) in [4.78, 5) is 36.1. The molecule has 0 saturated heterocycles. The van der Waals surface area contributed by atoms with Crippen LogP contribution in [0.5, 0.6) is 0 Å². The Labute approximate surface area is 175 Å². The van der Waals surface area contributed by atoms with E-state index in [1.54, 1.807) is 24.1 Å². The second kappa shape index (κ2) is 7.79. The van der Waals surface area contributed by atoms with Crippen LogP contribution in [0.2, 0.25) is 0 Å². The highest BCUT2D eigenvalue weighted by Gasteiger charge is 2.16. The van der Waals surface area contributed by atoms with Crippen LogP contribution in [0.15, 0.2) is 58.1 Å². The fourth-order valence-electron chi connectivity index (χ4n) is 3.41. The van der Waals surface area contributed by atoms with Crippen LogP contribution in [0.25, 0.3) is 21.9 Å². The van der Waals surface area contributed by atoms with Crippen LogP contribution in [-0.2, 0) is 24.4 Å². The van der Waals surface area contributed by atoms with E-state index in [0.717, 1.165) is 27.9 Å². The number of likely N-dealkylation sites (N-methyl/N-ethyl adjacent to an activating group) is 1. The molecule has 0 bridgehead atoms. The number of amides is 1. The minimum atomic E-state index is -0.237. The van der Waals surface area contributed by atoms with Gasteiger partial charge in [0, 0.05) is 18.1 Å². The second-order valence-electron chi connectivity index (χ2n) is 6.85. The molecule has 2 aromatic carbocycles. The molecule has 2 aromatic heterocycles. The Morgan fingerprint density at radius 2 is 1.97 bits per heavy atom. The fraction of sp³-hybridized carbons (Fsp3) is 0.238. The van der Waals surface area contributed by atoms with E-state index < -0.39 is 0 Å². The Bertz CT molecular complexity index is 1280. The Hall–Kier alpha value is -3.00. The molecule has 2 heterocycles. The van der Waals surface area contributed by atoms with Crippen molar-refractivity contribution in [2.24, 2.45) is 0 Å². The molecule has 0 atom stereocenters. The Balaban J connectivity index is 1.57. The molecule has 1 amide bonds. The van der Waals surface area contributed by atoms with Crippen molar-refractivity contribution >= 4 is 43.8 Å². The Morgan fingerprint density at radius 1 is 1.17 bits per heavy atom. The number of nitrogens with zero attached hydrogens (tertiary/aromatic N) is 5. The third-order valence-corrected chi connectivity index (χ3v) is 5.44. The first kappa shape index (κ1) is 19.3. The number of halogens is 1. The lowest BCUT2D eigenvalue weighted by Crippen LogP contribution is -2.34. The molecular formula is C21H20BrN5O2. The zero-order chi connectivity index (χ0) is 20.5. The average Bonchev–Trinajstić information content (AvgIpc) is 3.07. The molecule has 0 unspecified atom stereocenters. The number of aryl methyl sites for hydroxylation is 1. The van der Waals surface area contributed by atoms with Gasteiger partial charge >= 0.3 is 0 Å². The molecule has 0 fully saturated rings. The van der Waals surface area contributed by atoms with Crippen molar-refractivity contribution < 1.29 is 4.79 Å². The number of hydrogen-bond acceptors (Lipinski definition) is 4. The largest absolute Gasteiger partial charge is 0.337 e. The summed E-state index contributed by atoms with van der Waals surface area (Å²) in [6.45, 7) is 3.11. The highest BCUT2D eigenvalue weighted by atomic mass is 79.9. The second-order valence-corrected chi connectivity index (χ2v) is 7.77. The monoisotopic (exact) mass is 453 g/mol. The first-order valence-electron chi connectivity index (χ1n) is 9.30. The summed E-state index contributed by atoms with van der Waals surface area (Å²) < 4.78 is 4.24. The molecule has 7 nitrogen and oxygen atoms in total. The van der Waals surface area contributed by atoms with Crippen LogP contribution in [-0.4, -0.2) is 37.0 Å². The van der Waals surface area contributed by atoms with E-state index in [1.165, 1.54) is 10.9 Å². The number of para-hydroxylation sites is 2. The van der Waals surface area contributed by atoms with Crippen LogP contribution >= 0.6 is 15.9 Å². The van der Waals surface area contributed by atoms with E-state index in [0.29, 0.717) is 17.4 Å². The zero-order valence-corrected chi connectivity index (χ0v) is 17.8. The van der Waals surface area contributed by atoms with Gasteiger partial charge in [-0.25, -0.2) is 9.97 Å². The van der Waals surface area contributed by atoms with Crippen molar-refractivity contribution in [3.63, 3.8) is 0 Å². The SMILES string of the molecule is CCn1c(CN(C)C(=O)Cn2cnc3ccc(Br)cc3c2=O)nc2ccccc21. The van der Waals surface area contributed by atoms with Gasteiger partial charge in [-0.05, 0) is 37.3 Å². The predicted octanol–water partition coefficient (Wildman–Crippen LogP) is 3.19. The van der Waals surface area contributed by atoms with E-state index in [9.17, 15) is 9.59 Å². The third kappa shape index (κ3) is 3.67. The average molecular weight is 454 g/mol. The molecule has 0 aliphatic heterocycles. The maximum absolute atomic E-state index is 12.8. The van der Waals surface area contributed by atoms with E-state index in [4.69, 9.17) is 0 Å². The Morgan fingerprint density at radius 3 is 2.76 bits per heavy atom. The lowest BCUT2D eigenvalue weighted by atomic mass is 10.2. The smallest absolute Gasteiger partial charge is 0.261 e. The van der Waals surface area contributed by atoms with Gasteiger partial charge in [0.25, 0.3) is 5.56 Å². The van der Waals surface area contributed by atoms with Crippen LogP contribution in [0.4, 0.5) is 0 Å². The van der Waals surface area contributed by atoms with E-state index in [1.807, 2.05) is 30.3 Å². The van der Waals surface area contributed by atoms with Gasteiger partial charge in [-0.2, -0.15) is 0 Å². The van der Waals surface area contributed by atoms with Gasteiger partial charge in [-0.3, -0.25) is 14.2 Å². The lowest BCUT2D eigenvalue weighted by Gasteiger charge is -2.18. The molecule has 4 aromatic rings. The summed E-state index contributed by atoms with van der Waals surface area (Å²) >= 11 is 3.37. The molecule has 0 N–H and O–H groups in total. The number of hydrogen-bond donors (Lipinski definition) is 0. The topological polar surface area (TPSA) is 73.0 Å². The molecule has 0 spiro atoms. The van der Waals surface area contributed by atoms with Crippen molar-refractivity contribution in [3.05, 3.63) is 69.4 Å². The summed E-state index contributed by atoms with van der Waals surface area (Å²) in [7, 11) is 1.72. The molecule has 29 heavy (non-hydrogen) atoms. The van der Waals surface area contributed by atoms with E-state index in [-0.39, 0.29) is 18.0 Å². The molecule has 0 radical (unpaired) electrons. The maximum atomic E-state index is 12.8. The van der Waals surface area contributed by atoms with Crippen molar-refractivity contribution in [2.75, 3.05) is 7.05 Å². The van der Waals surface area contributed by atoms with Gasteiger partial charge in [0.15, 0.2) is 0 Å². The van der Waals surface area contributed by atoms with Crippen molar-refractivity contribution in [1.82, 2.24) is 24.0 Å². The number of carbonyl (C=O) groups excluding carboxylic acids is 1. The lowest BCUT2D eigenvalue weighted by molar-refractivity contribution is -0.131. The molecule has 148 valence electrons. The first-order valence-corrected chi connectivity index (χ1v) is 10.1. The van der Waals surface area contributed by atoms with Crippen LogP contribution < -0.4 is 5.56 Å². The number of imidazole rings is 1. The number of fused-ring (bicyclic) bond motifs is 2. The van der Waals surface area contributed by atoms with Gasteiger partial charge < -0.3 is 9.47 Å². The predicted molar refractivity (Wildman–Crippen MR) is 116 cm³/mol. The van der Waals surface area contributed by atoms with Gasteiger partial charge in [0.05, 0.1) is 34.8 Å². The highest BCUT2D eigenvalue weighted by molar-refractivity contribution is 9.10. The normalized spacial score (nSPS) is 11.3. The van der Waals surface area contributed by atoms with Gasteiger partial charge in [-0.1, -0.05) is 28.1 Å². The van der Waals surface area contributed by atoms with Crippen molar-refractivity contribution in [3.8, 4) is 0 Å². The molecule has 0 aliphatic rings. The van der Waals surface area contributed by atoms with Crippen molar-refractivity contribution in [1.29, 1.82) is 0 Å². The quantitative estimate of drug-likeness (QED) is 0.465. The summed E-state index contributed by atoms with van der Waals surface area (Å²) in [5, 5.41) is 0.477. The summed E-state index contributed by atoms with van der Waals surface area (Å²) in [5.74, 6) is 0.635. The van der Waals surface area contributed by atoms with Crippen LogP contribution in [0.1, 0.15) is 12.7 Å². The minimum Gasteiger partial charge on any atom is -0.337 e. The summed E-state index contributed by atoms with van der Waals surface area (Å²) in [5.41, 5.74) is 2.32. The number of carbonyl (C=O) groups is 1. The van der Waals surface area contributed by atoms with Gasteiger partial charge in [-0.15, -0.1) is 0 Å². The number of benzene rings is 2. The van der Waals surface area contributed by atoms with E-state index >= 15 is 0 Å². The van der Waals surface area contributed by atoms with Crippen LogP contribution in [0, 0.1) is 0 Å². The third-order valence-electron chi connectivity index (χ3n) is 4.95.